The molecule has 0 aliphatic heterocycles. The van der Waals surface area contributed by atoms with E-state index < -0.39 is 11.5 Å². The number of rotatable bonds is 4. The molecule has 0 saturated heterocycles. The van der Waals surface area contributed by atoms with Crippen LogP contribution in [0.5, 0.6) is 5.75 Å². The van der Waals surface area contributed by atoms with Crippen LogP contribution in [0, 0.1) is 6.92 Å². The van der Waals surface area contributed by atoms with Crippen molar-refractivity contribution in [2.75, 3.05) is 14.1 Å². The molecule has 0 spiro atoms. The Labute approximate surface area is 183 Å². The molecule has 9 heteroatoms. The van der Waals surface area contributed by atoms with Gasteiger partial charge in [-0.25, -0.2) is 4.79 Å². The maximum Gasteiger partial charge on any atom is 2.00 e. The zero-order valence-corrected chi connectivity index (χ0v) is 17.4. The second kappa shape index (κ2) is 11.5. The average Bonchev–Trinajstić information content (AvgIpc) is 2.70. The maximum atomic E-state index is 12.0. The molecule has 1 radical (unpaired) electrons. The molecule has 0 fully saturated rings. The molecule has 0 atom stereocenters. The molecule has 0 aliphatic carbocycles. The minimum absolute atomic E-state index is 0. The smallest absolute Gasteiger partial charge is 0.872 e. The Morgan fingerprint density at radius 1 is 1.13 bits per heavy atom. The van der Waals surface area contributed by atoms with Crippen molar-refractivity contribution < 1.29 is 36.5 Å². The first-order valence-electron chi connectivity index (χ1n) is 8.53. The third-order valence-electron chi connectivity index (χ3n) is 3.68. The zero-order chi connectivity index (χ0) is 21.4. The molecule has 0 unspecified atom stereocenters. The Bertz CT molecular complexity index is 1110. The maximum absolute atomic E-state index is 12.0. The Morgan fingerprint density at radius 2 is 1.77 bits per heavy atom. The van der Waals surface area contributed by atoms with Gasteiger partial charge in [-0.3, -0.25) is 4.79 Å². The van der Waals surface area contributed by atoms with Crippen LogP contribution in [0.2, 0.25) is 0 Å². The first-order chi connectivity index (χ1) is 13.8. The number of carbonyl (C=O) groups is 1. The minimum Gasteiger partial charge on any atom is -0.872 e. The van der Waals surface area contributed by atoms with E-state index in [1.807, 2.05) is 0 Å². The van der Waals surface area contributed by atoms with Crippen LogP contribution in [-0.4, -0.2) is 37.5 Å². The van der Waals surface area contributed by atoms with Gasteiger partial charge in [-0.1, -0.05) is 48.2 Å². The van der Waals surface area contributed by atoms with E-state index in [9.17, 15) is 19.8 Å². The van der Waals surface area contributed by atoms with Crippen molar-refractivity contribution in [1.29, 1.82) is 0 Å². The molecule has 8 nitrogen and oxygen atoms in total. The van der Waals surface area contributed by atoms with Gasteiger partial charge in [-0.05, 0) is 18.1 Å². The van der Waals surface area contributed by atoms with Gasteiger partial charge in [0.1, 0.15) is 5.58 Å². The SMILES string of the molecule is CN(C)C=O.Cc1cc(=O)oc2c(/C=N/N=C(\[O-])c3ccccc3)c([O-])ccc12.[Cu+2]. The van der Waals surface area contributed by atoms with E-state index in [2.05, 4.69) is 10.2 Å². The third-order valence-corrected chi connectivity index (χ3v) is 3.68. The van der Waals surface area contributed by atoms with Crippen molar-refractivity contribution in [2.24, 2.45) is 10.2 Å². The molecule has 2 aromatic carbocycles. The molecule has 3 rings (SSSR count). The fourth-order valence-corrected chi connectivity index (χ4v) is 2.29. The standard InChI is InChI=1S/C18H14N2O4.C3H7NO.Cu/c1-11-9-16(22)24-17-13(11)7-8-15(21)14(17)10-19-20-18(23)12-5-3-2-4-6-12;1-4(2)3-5;/h2-10,21H,1H3,(H,20,23);3H,1-2H3;/q;;+2/p-2/b19-10+;;. The van der Waals surface area contributed by atoms with Crippen molar-refractivity contribution in [3.05, 3.63) is 75.6 Å². The van der Waals surface area contributed by atoms with Crippen LogP contribution in [0.15, 0.2) is 67.9 Å². The van der Waals surface area contributed by atoms with E-state index in [0.29, 0.717) is 16.5 Å². The fourth-order valence-electron chi connectivity index (χ4n) is 2.29. The molecule has 1 amide bonds. The summed E-state index contributed by atoms with van der Waals surface area (Å²) in [5, 5.41) is 31.7. The quantitative estimate of drug-likeness (QED) is 0.145. The summed E-state index contributed by atoms with van der Waals surface area (Å²) in [4.78, 5) is 22.4. The molecule has 0 saturated carbocycles. The van der Waals surface area contributed by atoms with Crippen molar-refractivity contribution in [3.8, 4) is 5.75 Å². The second-order valence-electron chi connectivity index (χ2n) is 6.19. The van der Waals surface area contributed by atoms with Crippen molar-refractivity contribution in [2.45, 2.75) is 6.92 Å². The van der Waals surface area contributed by atoms with E-state index in [0.717, 1.165) is 12.6 Å². The molecular formula is C21H19CuN3O5. The summed E-state index contributed by atoms with van der Waals surface area (Å²) in [7, 11) is 3.38. The first-order valence-corrected chi connectivity index (χ1v) is 8.53. The predicted molar refractivity (Wildman–Crippen MR) is 107 cm³/mol. The number of amides is 1. The monoisotopic (exact) mass is 456 g/mol. The van der Waals surface area contributed by atoms with Crippen molar-refractivity contribution in [3.63, 3.8) is 0 Å². The molecular weight excluding hydrogens is 438 g/mol. The molecule has 30 heavy (non-hydrogen) atoms. The number of carbonyl (C=O) groups excluding carboxylic acids is 1. The van der Waals surface area contributed by atoms with Crippen LogP contribution < -0.4 is 15.8 Å². The second-order valence-corrected chi connectivity index (χ2v) is 6.19. The summed E-state index contributed by atoms with van der Waals surface area (Å²) in [5.41, 5.74) is 0.736. The first kappa shape index (κ1) is 24.6. The number of fused-ring (bicyclic) bond motifs is 1. The van der Waals surface area contributed by atoms with Crippen LogP contribution in [0.4, 0.5) is 0 Å². The van der Waals surface area contributed by atoms with Gasteiger partial charge in [-0.15, -0.1) is 0 Å². The van der Waals surface area contributed by atoms with E-state index in [-0.39, 0.29) is 34.0 Å². The molecule has 0 aliphatic rings. The Kier molecular flexibility index (Phi) is 9.48. The minimum atomic E-state index is -0.558. The Morgan fingerprint density at radius 3 is 2.37 bits per heavy atom. The summed E-state index contributed by atoms with van der Waals surface area (Å²) in [6.07, 6.45) is 1.88. The van der Waals surface area contributed by atoms with E-state index in [1.54, 1.807) is 57.4 Å². The number of nitrogens with zero attached hydrogens (tertiary/aromatic N) is 3. The third kappa shape index (κ3) is 6.58. The summed E-state index contributed by atoms with van der Waals surface area (Å²) in [6, 6.07) is 12.7. The van der Waals surface area contributed by atoms with Gasteiger partial charge in [-0.2, -0.15) is 10.2 Å². The Hall–Kier alpha value is -3.42. The van der Waals surface area contributed by atoms with E-state index in [4.69, 9.17) is 4.42 Å². The van der Waals surface area contributed by atoms with Gasteiger partial charge in [0.2, 0.25) is 6.41 Å². The van der Waals surface area contributed by atoms with Gasteiger partial charge in [0.15, 0.2) is 0 Å². The summed E-state index contributed by atoms with van der Waals surface area (Å²) >= 11 is 0. The van der Waals surface area contributed by atoms with Crippen molar-refractivity contribution in [1.82, 2.24) is 4.90 Å². The van der Waals surface area contributed by atoms with Gasteiger partial charge in [0.25, 0.3) is 0 Å². The van der Waals surface area contributed by atoms with Gasteiger partial charge < -0.3 is 19.5 Å². The molecule has 1 aromatic heterocycles. The van der Waals surface area contributed by atoms with E-state index >= 15 is 0 Å². The molecule has 3 aromatic rings. The average molecular weight is 457 g/mol. The molecule has 159 valence electrons. The number of benzene rings is 2. The zero-order valence-electron chi connectivity index (χ0n) is 16.5. The van der Waals surface area contributed by atoms with Crippen LogP contribution in [0.3, 0.4) is 0 Å². The molecule has 0 N–H and O–H groups in total. The number of aryl methyl sites for hydroxylation is 1. The van der Waals surface area contributed by atoms with Crippen LogP contribution in [0.1, 0.15) is 16.7 Å². The van der Waals surface area contributed by atoms with Gasteiger partial charge in [0.05, 0.1) is 6.21 Å². The van der Waals surface area contributed by atoms with E-state index in [1.165, 1.54) is 17.0 Å². The normalized spacial score (nSPS) is 10.8. The van der Waals surface area contributed by atoms with Crippen LogP contribution in [0.25, 0.3) is 11.0 Å². The predicted octanol–water partition coefficient (Wildman–Crippen LogP) is 1.02. The summed E-state index contributed by atoms with van der Waals surface area (Å²) in [5.74, 6) is -0.903. The fraction of sp³-hybridized carbons (Fsp3) is 0.143. The van der Waals surface area contributed by atoms with Gasteiger partial charge in [0, 0.05) is 37.0 Å². The largest absolute Gasteiger partial charge is 2.00 e. The number of hydrogen-bond acceptors (Lipinski definition) is 7. The topological polar surface area (TPSA) is 121 Å². The Balaban J connectivity index is 0.000000674. The number of hydrogen-bond donors (Lipinski definition) is 0. The molecule has 1 heterocycles. The van der Waals surface area contributed by atoms with Crippen LogP contribution in [-0.2, 0) is 21.9 Å². The van der Waals surface area contributed by atoms with Crippen LogP contribution >= 0.6 is 0 Å². The molecule has 0 bridgehead atoms. The summed E-state index contributed by atoms with van der Waals surface area (Å²) in [6.45, 7) is 1.74. The summed E-state index contributed by atoms with van der Waals surface area (Å²) < 4.78 is 5.12. The van der Waals surface area contributed by atoms with Crippen molar-refractivity contribution >= 4 is 29.5 Å². The van der Waals surface area contributed by atoms with Gasteiger partial charge >= 0.3 is 22.7 Å².